The van der Waals surface area contributed by atoms with Crippen molar-refractivity contribution in [3.63, 3.8) is 0 Å². The Balaban J connectivity index is 2.19. The van der Waals surface area contributed by atoms with Gasteiger partial charge in [-0.05, 0) is 33.9 Å². The maximum Gasteiger partial charge on any atom is 0.0692 e. The van der Waals surface area contributed by atoms with E-state index in [1.54, 1.807) is 11.3 Å². The lowest BCUT2D eigenvalue weighted by molar-refractivity contribution is 0.281. The molecule has 0 bridgehead atoms. The number of hydrogen-bond donors (Lipinski definition) is 1. The highest BCUT2D eigenvalue weighted by molar-refractivity contribution is 7.08. The molecule has 2 aromatic rings. The van der Waals surface area contributed by atoms with Crippen molar-refractivity contribution in [2.75, 3.05) is 0 Å². The van der Waals surface area contributed by atoms with Gasteiger partial charge < -0.3 is 5.11 Å². The van der Waals surface area contributed by atoms with Crippen LogP contribution in [-0.2, 0) is 13.0 Å². The fraction of sp³-hybridized carbons (Fsp3) is 0.167. The van der Waals surface area contributed by atoms with Crippen molar-refractivity contribution in [1.82, 2.24) is 0 Å². The van der Waals surface area contributed by atoms with E-state index in [1.165, 1.54) is 11.1 Å². The molecule has 0 aliphatic heterocycles. The molecular formula is C12H12OS. The summed E-state index contributed by atoms with van der Waals surface area (Å²) in [4.78, 5) is 0. The lowest BCUT2D eigenvalue weighted by Crippen LogP contribution is -1.90. The first kappa shape index (κ1) is 9.44. The summed E-state index contributed by atoms with van der Waals surface area (Å²) in [7, 11) is 0. The summed E-state index contributed by atoms with van der Waals surface area (Å²) < 4.78 is 0. The summed E-state index contributed by atoms with van der Waals surface area (Å²) in [5.41, 5.74) is 3.59. The van der Waals surface area contributed by atoms with Crippen LogP contribution in [0.15, 0.2) is 41.1 Å². The fourth-order valence-corrected chi connectivity index (χ4v) is 2.32. The molecule has 0 saturated heterocycles. The zero-order chi connectivity index (χ0) is 9.80. The van der Waals surface area contributed by atoms with Crippen molar-refractivity contribution < 1.29 is 5.11 Å². The summed E-state index contributed by atoms with van der Waals surface area (Å²) >= 11 is 1.65. The summed E-state index contributed by atoms with van der Waals surface area (Å²) in [6.45, 7) is 0.145. The molecule has 0 unspecified atom stereocenters. The van der Waals surface area contributed by atoms with E-state index in [0.29, 0.717) is 0 Å². The molecule has 0 spiro atoms. The minimum Gasteiger partial charge on any atom is -0.392 e. The summed E-state index contributed by atoms with van der Waals surface area (Å²) in [6, 6.07) is 10.3. The van der Waals surface area contributed by atoms with Crippen LogP contribution in [0.2, 0.25) is 0 Å². The molecule has 2 heteroatoms. The van der Waals surface area contributed by atoms with Crippen LogP contribution < -0.4 is 0 Å². The maximum atomic E-state index is 9.09. The average molecular weight is 204 g/mol. The van der Waals surface area contributed by atoms with E-state index in [2.05, 4.69) is 17.5 Å². The molecule has 0 aliphatic rings. The van der Waals surface area contributed by atoms with Crippen LogP contribution in [0.4, 0.5) is 0 Å². The second kappa shape index (κ2) is 4.40. The Hall–Kier alpha value is -1.12. The van der Waals surface area contributed by atoms with Gasteiger partial charge in [-0.2, -0.15) is 11.3 Å². The molecule has 1 N–H and O–H groups in total. The molecule has 14 heavy (non-hydrogen) atoms. The van der Waals surface area contributed by atoms with Crippen molar-refractivity contribution in [2.24, 2.45) is 0 Å². The molecule has 0 radical (unpaired) electrons. The predicted octanol–water partition coefficient (Wildman–Crippen LogP) is 2.83. The normalized spacial score (nSPS) is 10.4. The summed E-state index contributed by atoms with van der Waals surface area (Å²) in [5, 5.41) is 13.2. The van der Waals surface area contributed by atoms with Gasteiger partial charge in [0.25, 0.3) is 0 Å². The molecule has 0 saturated carbocycles. The quantitative estimate of drug-likeness (QED) is 0.815. The highest BCUT2D eigenvalue weighted by Gasteiger charge is 2.02. The van der Waals surface area contributed by atoms with Gasteiger partial charge in [0.1, 0.15) is 0 Å². The van der Waals surface area contributed by atoms with Crippen molar-refractivity contribution in [3.8, 4) is 0 Å². The van der Waals surface area contributed by atoms with E-state index in [1.807, 2.05) is 23.6 Å². The van der Waals surface area contributed by atoms with Gasteiger partial charge in [-0.25, -0.2) is 0 Å². The highest BCUT2D eigenvalue weighted by atomic mass is 32.1. The lowest BCUT2D eigenvalue weighted by Gasteiger charge is -2.01. The molecule has 0 atom stereocenters. The van der Waals surface area contributed by atoms with Crippen LogP contribution >= 0.6 is 11.3 Å². The van der Waals surface area contributed by atoms with Crippen LogP contribution in [0, 0.1) is 0 Å². The number of rotatable bonds is 3. The highest BCUT2D eigenvalue weighted by Crippen LogP contribution is 2.18. The topological polar surface area (TPSA) is 20.2 Å². The average Bonchev–Trinajstić information content (AvgIpc) is 2.67. The van der Waals surface area contributed by atoms with Crippen molar-refractivity contribution in [1.29, 1.82) is 0 Å². The first-order valence-corrected chi connectivity index (χ1v) is 5.53. The van der Waals surface area contributed by atoms with Crippen molar-refractivity contribution in [3.05, 3.63) is 57.8 Å². The van der Waals surface area contributed by atoms with Crippen LogP contribution in [-0.4, -0.2) is 5.11 Å². The van der Waals surface area contributed by atoms with E-state index in [0.717, 1.165) is 12.0 Å². The molecule has 2 rings (SSSR count). The number of hydrogen-bond acceptors (Lipinski definition) is 2. The first-order chi connectivity index (χ1) is 6.90. The fourth-order valence-electron chi connectivity index (χ4n) is 1.46. The summed E-state index contributed by atoms with van der Waals surface area (Å²) in [5.74, 6) is 0. The number of aliphatic hydroxyl groups excluding tert-OH is 1. The monoisotopic (exact) mass is 204 g/mol. The smallest absolute Gasteiger partial charge is 0.0692 e. The molecular weight excluding hydrogens is 192 g/mol. The molecule has 72 valence electrons. The maximum absolute atomic E-state index is 9.09. The molecule has 1 nitrogen and oxygen atoms in total. The van der Waals surface area contributed by atoms with Gasteiger partial charge >= 0.3 is 0 Å². The molecule has 1 heterocycles. The van der Waals surface area contributed by atoms with Gasteiger partial charge in [-0.3, -0.25) is 0 Å². The Morgan fingerprint density at radius 3 is 2.43 bits per heavy atom. The van der Waals surface area contributed by atoms with Gasteiger partial charge in [-0.15, -0.1) is 0 Å². The van der Waals surface area contributed by atoms with Crippen molar-refractivity contribution in [2.45, 2.75) is 13.0 Å². The number of benzene rings is 1. The summed E-state index contributed by atoms with van der Waals surface area (Å²) in [6.07, 6.45) is 0.917. The second-order valence-corrected chi connectivity index (χ2v) is 3.99. The largest absolute Gasteiger partial charge is 0.392 e. The lowest BCUT2D eigenvalue weighted by atomic mass is 10.0. The SMILES string of the molecule is OCc1cscc1Cc1ccccc1. The van der Waals surface area contributed by atoms with E-state index < -0.39 is 0 Å². The van der Waals surface area contributed by atoms with E-state index in [-0.39, 0.29) is 6.61 Å². The van der Waals surface area contributed by atoms with Crippen LogP contribution in [0.3, 0.4) is 0 Å². The Kier molecular flexibility index (Phi) is 2.96. The first-order valence-electron chi connectivity index (χ1n) is 4.59. The number of aliphatic hydroxyl groups is 1. The minimum atomic E-state index is 0.145. The Morgan fingerprint density at radius 2 is 1.71 bits per heavy atom. The molecule has 0 aliphatic carbocycles. The van der Waals surface area contributed by atoms with E-state index in [9.17, 15) is 0 Å². The second-order valence-electron chi connectivity index (χ2n) is 3.24. The van der Waals surface area contributed by atoms with Crippen molar-refractivity contribution >= 4 is 11.3 Å². The third-order valence-electron chi connectivity index (χ3n) is 2.24. The Labute approximate surface area is 87.7 Å². The van der Waals surface area contributed by atoms with Gasteiger partial charge in [0, 0.05) is 0 Å². The van der Waals surface area contributed by atoms with Crippen LogP contribution in [0.25, 0.3) is 0 Å². The third kappa shape index (κ3) is 2.03. The molecule has 0 amide bonds. The van der Waals surface area contributed by atoms with Gasteiger partial charge in [0.15, 0.2) is 0 Å². The molecule has 0 fully saturated rings. The minimum absolute atomic E-state index is 0.145. The molecule has 1 aromatic heterocycles. The Bertz CT molecular complexity index is 392. The van der Waals surface area contributed by atoms with Gasteiger partial charge in [0.05, 0.1) is 6.61 Å². The zero-order valence-electron chi connectivity index (χ0n) is 7.81. The van der Waals surface area contributed by atoms with Gasteiger partial charge in [-0.1, -0.05) is 30.3 Å². The van der Waals surface area contributed by atoms with Gasteiger partial charge in [0.2, 0.25) is 0 Å². The van der Waals surface area contributed by atoms with Crippen LogP contribution in [0.1, 0.15) is 16.7 Å². The van der Waals surface area contributed by atoms with E-state index >= 15 is 0 Å². The van der Waals surface area contributed by atoms with Crippen LogP contribution in [0.5, 0.6) is 0 Å². The standard InChI is InChI=1S/C12H12OS/c13-7-12-9-14-8-11(12)6-10-4-2-1-3-5-10/h1-5,8-9,13H,6-7H2. The number of thiophene rings is 1. The predicted molar refractivity (Wildman–Crippen MR) is 59.5 cm³/mol. The van der Waals surface area contributed by atoms with E-state index in [4.69, 9.17) is 5.11 Å². The third-order valence-corrected chi connectivity index (χ3v) is 3.08. The Morgan fingerprint density at radius 1 is 1.00 bits per heavy atom. The molecule has 1 aromatic carbocycles. The zero-order valence-corrected chi connectivity index (χ0v) is 8.63.